The molecule has 2 aromatic rings. The minimum atomic E-state index is 0.00909. The lowest BCUT2D eigenvalue weighted by Gasteiger charge is -2.21. The lowest BCUT2D eigenvalue weighted by atomic mass is 10.0. The molecule has 0 radical (unpaired) electrons. The average Bonchev–Trinajstić information content (AvgIpc) is 2.73. The van der Waals surface area contributed by atoms with Crippen molar-refractivity contribution in [2.75, 3.05) is 25.7 Å². The Morgan fingerprint density at radius 1 is 1.14 bits per heavy atom. The van der Waals surface area contributed by atoms with E-state index in [1.165, 1.54) is 0 Å². The second-order valence-electron chi connectivity index (χ2n) is 5.58. The Kier molecular flexibility index (Phi) is 4.01. The summed E-state index contributed by atoms with van der Waals surface area (Å²) in [5.74, 6) is 0.00909. The summed E-state index contributed by atoms with van der Waals surface area (Å²) in [6, 6.07) is 15.5. The average molecular weight is 313 g/mol. The topological polar surface area (TPSA) is 23.6 Å². The maximum Gasteiger partial charge on any atom is 0.260 e. The largest absolute Gasteiger partial charge is 0.294 e. The van der Waals surface area contributed by atoms with Gasteiger partial charge in [0.15, 0.2) is 0 Å². The first-order valence-electron chi connectivity index (χ1n) is 7.09. The summed E-state index contributed by atoms with van der Waals surface area (Å²) in [4.78, 5) is 16.5. The van der Waals surface area contributed by atoms with E-state index in [0.717, 1.165) is 16.8 Å². The number of amides is 1. The van der Waals surface area contributed by atoms with E-state index < -0.39 is 0 Å². The fraction of sp³-hybridized carbons (Fsp3) is 0.167. The summed E-state index contributed by atoms with van der Waals surface area (Å²) >= 11 is 6.11. The van der Waals surface area contributed by atoms with Gasteiger partial charge in [0, 0.05) is 16.2 Å². The van der Waals surface area contributed by atoms with E-state index in [0.29, 0.717) is 17.3 Å². The Balaban J connectivity index is 2.10. The summed E-state index contributed by atoms with van der Waals surface area (Å²) < 4.78 is 0. The molecule has 2 aromatic carbocycles. The summed E-state index contributed by atoms with van der Waals surface area (Å²) in [5, 5.41) is 0.635. The molecule has 1 amide bonds. The highest BCUT2D eigenvalue weighted by molar-refractivity contribution is 6.37. The first-order chi connectivity index (χ1) is 10.6. The summed E-state index contributed by atoms with van der Waals surface area (Å²) in [5.41, 5.74) is 3.52. The van der Waals surface area contributed by atoms with Gasteiger partial charge in [-0.15, -0.1) is 0 Å². The zero-order valence-electron chi connectivity index (χ0n) is 12.6. The normalized spacial score (nSPS) is 15.7. The molecule has 0 aromatic heterocycles. The van der Waals surface area contributed by atoms with E-state index in [2.05, 4.69) is 0 Å². The lowest BCUT2D eigenvalue weighted by Crippen LogP contribution is -2.35. The van der Waals surface area contributed by atoms with Crippen LogP contribution in [0.2, 0.25) is 5.02 Å². The number of nitrogens with zero attached hydrogens (tertiary/aromatic N) is 2. The monoisotopic (exact) mass is 312 g/mol. The molecule has 3 rings (SSSR count). The van der Waals surface area contributed by atoms with Gasteiger partial charge in [0.05, 0.1) is 12.4 Å². The van der Waals surface area contributed by atoms with E-state index in [4.69, 9.17) is 11.6 Å². The van der Waals surface area contributed by atoms with Crippen LogP contribution < -0.4 is 4.90 Å². The van der Waals surface area contributed by atoms with Gasteiger partial charge in [0.25, 0.3) is 5.91 Å². The minimum Gasteiger partial charge on any atom is -0.294 e. The molecule has 22 heavy (non-hydrogen) atoms. The Morgan fingerprint density at radius 2 is 1.86 bits per heavy atom. The van der Waals surface area contributed by atoms with E-state index in [9.17, 15) is 4.79 Å². The number of halogens is 1. The molecule has 0 unspecified atom stereocenters. The van der Waals surface area contributed by atoms with Crippen molar-refractivity contribution in [3.63, 3.8) is 0 Å². The van der Waals surface area contributed by atoms with Crippen molar-refractivity contribution in [2.24, 2.45) is 0 Å². The zero-order valence-corrected chi connectivity index (χ0v) is 13.3. The number of fused-ring (bicyclic) bond motifs is 1. The van der Waals surface area contributed by atoms with Gasteiger partial charge in [-0.25, -0.2) is 0 Å². The fourth-order valence-corrected chi connectivity index (χ4v) is 2.77. The molecular formula is C18H17ClN2O. The number of rotatable bonds is 3. The Hall–Kier alpha value is -2.10. The van der Waals surface area contributed by atoms with Crippen LogP contribution in [0, 0.1) is 0 Å². The van der Waals surface area contributed by atoms with Gasteiger partial charge in [-0.1, -0.05) is 48.0 Å². The predicted molar refractivity (Wildman–Crippen MR) is 91.8 cm³/mol. The van der Waals surface area contributed by atoms with Crippen LogP contribution in [-0.4, -0.2) is 31.6 Å². The maximum absolute atomic E-state index is 12.8. The van der Waals surface area contributed by atoms with Crippen molar-refractivity contribution in [1.29, 1.82) is 0 Å². The minimum absolute atomic E-state index is 0.00909. The summed E-state index contributed by atoms with van der Waals surface area (Å²) in [6.45, 7) is 0.526. The highest BCUT2D eigenvalue weighted by Gasteiger charge is 2.32. The smallest absolute Gasteiger partial charge is 0.260 e. The number of hydrogen-bond donors (Lipinski definition) is 0. The fourth-order valence-electron chi connectivity index (χ4n) is 2.60. The Bertz CT molecular complexity index is 738. The predicted octanol–water partition coefficient (Wildman–Crippen LogP) is 3.75. The molecule has 3 nitrogen and oxygen atoms in total. The van der Waals surface area contributed by atoms with Crippen LogP contribution in [0.1, 0.15) is 11.1 Å². The van der Waals surface area contributed by atoms with Crippen LogP contribution in [0.25, 0.3) is 11.6 Å². The van der Waals surface area contributed by atoms with Crippen molar-refractivity contribution in [1.82, 2.24) is 4.90 Å². The van der Waals surface area contributed by atoms with Gasteiger partial charge in [-0.3, -0.25) is 14.6 Å². The number of anilines is 1. The molecule has 1 aliphatic rings. The van der Waals surface area contributed by atoms with Crippen molar-refractivity contribution < 1.29 is 4.79 Å². The Labute approximate surface area is 135 Å². The third-order valence-corrected chi connectivity index (χ3v) is 3.79. The van der Waals surface area contributed by atoms with Crippen molar-refractivity contribution >= 4 is 34.8 Å². The van der Waals surface area contributed by atoms with Gasteiger partial charge >= 0.3 is 0 Å². The van der Waals surface area contributed by atoms with Crippen LogP contribution in [0.5, 0.6) is 0 Å². The van der Waals surface area contributed by atoms with Crippen LogP contribution in [0.3, 0.4) is 0 Å². The molecule has 4 heteroatoms. The molecule has 0 atom stereocenters. The molecule has 0 aliphatic carbocycles. The van der Waals surface area contributed by atoms with E-state index in [1.54, 1.807) is 4.90 Å². The second-order valence-corrected chi connectivity index (χ2v) is 6.02. The van der Waals surface area contributed by atoms with Gasteiger partial charge in [-0.05, 0) is 37.9 Å². The highest BCUT2D eigenvalue weighted by atomic mass is 35.5. The van der Waals surface area contributed by atoms with Crippen LogP contribution in [0.15, 0.2) is 48.5 Å². The summed E-state index contributed by atoms with van der Waals surface area (Å²) in [6.07, 6.45) is 1.94. The van der Waals surface area contributed by atoms with E-state index >= 15 is 0 Å². The van der Waals surface area contributed by atoms with Crippen molar-refractivity contribution in [3.05, 3.63) is 64.7 Å². The van der Waals surface area contributed by atoms with Gasteiger partial charge in [0.1, 0.15) is 0 Å². The highest BCUT2D eigenvalue weighted by Crippen LogP contribution is 2.39. The van der Waals surface area contributed by atoms with Gasteiger partial charge in [-0.2, -0.15) is 0 Å². The molecule has 0 saturated heterocycles. The molecular weight excluding hydrogens is 296 g/mol. The van der Waals surface area contributed by atoms with E-state index in [-0.39, 0.29) is 5.91 Å². The van der Waals surface area contributed by atoms with Crippen molar-refractivity contribution in [2.45, 2.75) is 0 Å². The first-order valence-corrected chi connectivity index (χ1v) is 7.47. The third-order valence-electron chi connectivity index (χ3n) is 3.55. The molecule has 0 bridgehead atoms. The molecule has 0 spiro atoms. The van der Waals surface area contributed by atoms with Crippen molar-refractivity contribution in [3.8, 4) is 0 Å². The SMILES string of the molecule is CN(C)CN1C(=O)C(=Cc2ccccc2)c2ccc(Cl)cc21. The van der Waals surface area contributed by atoms with Crippen LogP contribution >= 0.6 is 11.6 Å². The second kappa shape index (κ2) is 5.95. The van der Waals surface area contributed by atoms with Crippen LogP contribution in [0.4, 0.5) is 5.69 Å². The van der Waals surface area contributed by atoms with Gasteiger partial charge in [0.2, 0.25) is 0 Å². The Morgan fingerprint density at radius 3 is 2.55 bits per heavy atom. The number of carbonyl (C=O) groups is 1. The quantitative estimate of drug-likeness (QED) is 0.806. The van der Waals surface area contributed by atoms with E-state index in [1.807, 2.05) is 73.6 Å². The molecule has 1 heterocycles. The lowest BCUT2D eigenvalue weighted by molar-refractivity contribution is -0.113. The first kappa shape index (κ1) is 14.8. The third kappa shape index (κ3) is 2.78. The zero-order chi connectivity index (χ0) is 15.7. The standard InChI is InChI=1S/C18H17ClN2O/c1-20(2)12-21-17-11-14(19)8-9-15(17)16(18(21)22)10-13-6-4-3-5-7-13/h3-11H,12H2,1-2H3. The molecule has 0 fully saturated rings. The number of hydrogen-bond acceptors (Lipinski definition) is 2. The van der Waals surface area contributed by atoms with Crippen LogP contribution in [-0.2, 0) is 4.79 Å². The molecule has 0 N–H and O–H groups in total. The molecule has 0 saturated carbocycles. The van der Waals surface area contributed by atoms with Gasteiger partial charge < -0.3 is 0 Å². The molecule has 1 aliphatic heterocycles. The summed E-state index contributed by atoms with van der Waals surface area (Å²) in [7, 11) is 3.88. The number of benzene rings is 2. The number of carbonyl (C=O) groups excluding carboxylic acids is 1. The maximum atomic E-state index is 12.8. The molecule has 112 valence electrons.